The van der Waals surface area contributed by atoms with E-state index in [2.05, 4.69) is 0 Å². The number of rotatable bonds is 5. The molecule has 0 heterocycles. The van der Waals surface area contributed by atoms with Crippen molar-refractivity contribution in [1.82, 2.24) is 0 Å². The van der Waals surface area contributed by atoms with Crippen LogP contribution in [0.4, 0.5) is 5.69 Å². The van der Waals surface area contributed by atoms with Crippen LogP contribution < -0.4 is 10.5 Å². The summed E-state index contributed by atoms with van der Waals surface area (Å²) in [6.45, 7) is 4.36. The Morgan fingerprint density at radius 2 is 1.81 bits per heavy atom. The van der Waals surface area contributed by atoms with Gasteiger partial charge in [0.2, 0.25) is 0 Å². The predicted molar refractivity (Wildman–Crippen MR) is 81.2 cm³/mol. The number of para-hydroxylation sites is 1. The van der Waals surface area contributed by atoms with Crippen LogP contribution in [-0.4, -0.2) is 4.92 Å². The molecule has 0 saturated heterocycles. The predicted octanol–water partition coefficient (Wildman–Crippen LogP) is 3.25. The fourth-order valence-electron chi connectivity index (χ4n) is 2.25. The summed E-state index contributed by atoms with van der Waals surface area (Å²) in [5.74, 6) is 0.755. The largest absolute Gasteiger partial charge is 0.488 e. The Balaban J connectivity index is 2.25. The van der Waals surface area contributed by atoms with Gasteiger partial charge in [-0.25, -0.2) is 0 Å². The van der Waals surface area contributed by atoms with Crippen LogP contribution in [0.2, 0.25) is 0 Å². The van der Waals surface area contributed by atoms with E-state index in [0.717, 1.165) is 22.4 Å². The van der Waals surface area contributed by atoms with Crippen molar-refractivity contribution >= 4 is 5.69 Å². The number of nitro benzene ring substituents is 1. The lowest BCUT2D eigenvalue weighted by molar-refractivity contribution is -0.385. The summed E-state index contributed by atoms with van der Waals surface area (Å²) in [6, 6.07) is 10.8. The minimum Gasteiger partial charge on any atom is -0.488 e. The van der Waals surface area contributed by atoms with E-state index in [1.807, 2.05) is 31.2 Å². The molecule has 2 aromatic rings. The molecule has 21 heavy (non-hydrogen) atoms. The molecule has 110 valence electrons. The van der Waals surface area contributed by atoms with Gasteiger partial charge in [-0.3, -0.25) is 10.1 Å². The summed E-state index contributed by atoms with van der Waals surface area (Å²) in [5.41, 5.74) is 9.19. The maximum absolute atomic E-state index is 11.0. The molecule has 0 saturated carbocycles. The summed E-state index contributed by atoms with van der Waals surface area (Å²) < 4.78 is 5.86. The van der Waals surface area contributed by atoms with Crippen molar-refractivity contribution in [3.63, 3.8) is 0 Å². The average Bonchev–Trinajstić information content (AvgIpc) is 2.46. The highest BCUT2D eigenvalue weighted by molar-refractivity contribution is 5.45. The monoisotopic (exact) mass is 286 g/mol. The number of benzene rings is 2. The van der Waals surface area contributed by atoms with E-state index in [9.17, 15) is 10.1 Å². The highest BCUT2D eigenvalue weighted by Gasteiger charge is 2.14. The van der Waals surface area contributed by atoms with Gasteiger partial charge in [0.05, 0.1) is 4.92 Å². The maximum Gasteiger partial charge on any atom is 0.272 e. The fraction of sp³-hybridized carbons (Fsp3) is 0.250. The Hall–Kier alpha value is -2.40. The Kier molecular flexibility index (Phi) is 4.55. The van der Waals surface area contributed by atoms with Gasteiger partial charge in [0.25, 0.3) is 5.69 Å². The molecule has 0 radical (unpaired) electrons. The van der Waals surface area contributed by atoms with E-state index >= 15 is 0 Å². The lowest BCUT2D eigenvalue weighted by atomic mass is 10.1. The van der Waals surface area contributed by atoms with E-state index in [0.29, 0.717) is 12.1 Å². The van der Waals surface area contributed by atoms with E-state index in [-0.39, 0.29) is 17.2 Å². The molecule has 0 unspecified atom stereocenters. The fourth-order valence-corrected chi connectivity index (χ4v) is 2.25. The molecule has 0 aliphatic carbocycles. The van der Waals surface area contributed by atoms with Crippen molar-refractivity contribution in [1.29, 1.82) is 0 Å². The van der Waals surface area contributed by atoms with Gasteiger partial charge in [0, 0.05) is 23.7 Å². The maximum atomic E-state index is 11.0. The second-order valence-electron chi connectivity index (χ2n) is 4.87. The van der Waals surface area contributed by atoms with Crippen molar-refractivity contribution in [2.24, 2.45) is 5.73 Å². The molecule has 5 nitrogen and oxygen atoms in total. The zero-order chi connectivity index (χ0) is 15.4. The second-order valence-corrected chi connectivity index (χ2v) is 4.87. The summed E-state index contributed by atoms with van der Waals surface area (Å²) in [7, 11) is 0. The van der Waals surface area contributed by atoms with Crippen LogP contribution in [0.1, 0.15) is 22.3 Å². The molecule has 0 atom stereocenters. The first kappa shape index (κ1) is 15.0. The molecule has 2 N–H and O–H groups in total. The number of nitrogens with two attached hydrogens (primary N) is 1. The normalized spacial score (nSPS) is 10.4. The first-order valence-corrected chi connectivity index (χ1v) is 6.68. The number of aryl methyl sites for hydroxylation is 1. The van der Waals surface area contributed by atoms with Crippen LogP contribution in [0, 0.1) is 24.0 Å². The van der Waals surface area contributed by atoms with Gasteiger partial charge in [0.1, 0.15) is 12.4 Å². The first-order chi connectivity index (χ1) is 10.0. The number of nitro groups is 1. The average molecular weight is 286 g/mol. The molecule has 0 aromatic heterocycles. The summed E-state index contributed by atoms with van der Waals surface area (Å²) in [6.07, 6.45) is 0. The third kappa shape index (κ3) is 3.20. The molecular formula is C16H18N2O3. The molecule has 0 aliphatic rings. The lowest BCUT2D eigenvalue weighted by Crippen LogP contribution is -2.05. The zero-order valence-electron chi connectivity index (χ0n) is 12.1. The molecule has 0 aliphatic heterocycles. The van der Waals surface area contributed by atoms with Crippen molar-refractivity contribution in [3.8, 4) is 5.75 Å². The van der Waals surface area contributed by atoms with Gasteiger partial charge in [-0.1, -0.05) is 30.3 Å². The molecule has 2 aromatic carbocycles. The third-order valence-corrected chi connectivity index (χ3v) is 3.50. The van der Waals surface area contributed by atoms with Crippen LogP contribution in [0.3, 0.4) is 0 Å². The van der Waals surface area contributed by atoms with Gasteiger partial charge in [-0.15, -0.1) is 0 Å². The van der Waals surface area contributed by atoms with Crippen LogP contribution in [-0.2, 0) is 13.2 Å². The quantitative estimate of drug-likeness (QED) is 0.676. The standard InChI is InChI=1S/C16H18N2O3/c1-11-5-3-6-13(9-17)16(11)21-10-14-7-4-8-15(12(14)2)18(19)20/h3-8H,9-10,17H2,1-2H3. The third-order valence-electron chi connectivity index (χ3n) is 3.50. The highest BCUT2D eigenvalue weighted by Crippen LogP contribution is 2.26. The van der Waals surface area contributed by atoms with Gasteiger partial charge in [-0.05, 0) is 25.0 Å². The van der Waals surface area contributed by atoms with Crippen molar-refractivity contribution in [2.75, 3.05) is 0 Å². The lowest BCUT2D eigenvalue weighted by Gasteiger charge is -2.14. The first-order valence-electron chi connectivity index (χ1n) is 6.68. The van der Waals surface area contributed by atoms with Gasteiger partial charge in [-0.2, -0.15) is 0 Å². The topological polar surface area (TPSA) is 78.4 Å². The van der Waals surface area contributed by atoms with Crippen LogP contribution in [0.5, 0.6) is 5.75 Å². The minimum absolute atomic E-state index is 0.111. The molecule has 5 heteroatoms. The van der Waals surface area contributed by atoms with Gasteiger partial charge < -0.3 is 10.5 Å². The smallest absolute Gasteiger partial charge is 0.272 e. The molecule has 2 rings (SSSR count). The Morgan fingerprint density at radius 1 is 1.14 bits per heavy atom. The van der Waals surface area contributed by atoms with Crippen LogP contribution in [0.25, 0.3) is 0 Å². The van der Waals surface area contributed by atoms with Gasteiger partial charge >= 0.3 is 0 Å². The van der Waals surface area contributed by atoms with Crippen molar-refractivity contribution < 1.29 is 9.66 Å². The molecule has 0 fully saturated rings. The molecular weight excluding hydrogens is 268 g/mol. The highest BCUT2D eigenvalue weighted by atomic mass is 16.6. The van der Waals surface area contributed by atoms with Crippen LogP contribution in [0.15, 0.2) is 36.4 Å². The van der Waals surface area contributed by atoms with E-state index in [1.54, 1.807) is 13.0 Å². The van der Waals surface area contributed by atoms with Crippen molar-refractivity contribution in [3.05, 3.63) is 68.8 Å². The Labute approximate surface area is 123 Å². The number of nitrogens with zero attached hydrogens (tertiary/aromatic N) is 1. The molecule has 0 bridgehead atoms. The SMILES string of the molecule is Cc1cccc(CN)c1OCc1cccc([N+](=O)[O-])c1C. The Morgan fingerprint density at radius 3 is 2.48 bits per heavy atom. The van der Waals surface area contributed by atoms with E-state index < -0.39 is 0 Å². The second kappa shape index (κ2) is 6.37. The Bertz CT molecular complexity index is 669. The minimum atomic E-state index is -0.377. The zero-order valence-corrected chi connectivity index (χ0v) is 12.1. The summed E-state index contributed by atoms with van der Waals surface area (Å²) in [5, 5.41) is 11.0. The van der Waals surface area contributed by atoms with Gasteiger partial charge in [0.15, 0.2) is 0 Å². The van der Waals surface area contributed by atoms with E-state index in [1.165, 1.54) is 6.07 Å². The molecule has 0 amide bonds. The number of hydrogen-bond donors (Lipinski definition) is 1. The van der Waals surface area contributed by atoms with Crippen LogP contribution >= 0.6 is 0 Å². The van der Waals surface area contributed by atoms with E-state index in [4.69, 9.17) is 10.5 Å². The summed E-state index contributed by atoms with van der Waals surface area (Å²) >= 11 is 0. The number of hydrogen-bond acceptors (Lipinski definition) is 4. The van der Waals surface area contributed by atoms with Crippen molar-refractivity contribution in [2.45, 2.75) is 27.0 Å². The molecule has 0 spiro atoms. The summed E-state index contributed by atoms with van der Waals surface area (Å²) in [4.78, 5) is 10.6. The number of ether oxygens (including phenoxy) is 1.